The highest BCUT2D eigenvalue weighted by Crippen LogP contribution is 2.25. The third kappa shape index (κ3) is 4.52. The summed E-state index contributed by atoms with van der Waals surface area (Å²) in [4.78, 5) is 41.0. The van der Waals surface area contributed by atoms with E-state index in [1.165, 1.54) is 7.11 Å². The maximum atomic E-state index is 13.1. The molecule has 1 aromatic rings. The first-order chi connectivity index (χ1) is 13.5. The minimum Gasteiger partial charge on any atom is -0.467 e. The zero-order valence-corrected chi connectivity index (χ0v) is 16.6. The summed E-state index contributed by atoms with van der Waals surface area (Å²) in [6.45, 7) is 4.01. The number of carbonyl (C=O) groups is 3. The van der Waals surface area contributed by atoms with Crippen LogP contribution < -0.4 is 0 Å². The van der Waals surface area contributed by atoms with Crippen LogP contribution in [0.4, 0.5) is 0 Å². The molecule has 1 amide bonds. The predicted molar refractivity (Wildman–Crippen MR) is 102 cm³/mol. The second-order valence-electron chi connectivity index (χ2n) is 7.36. The predicted octanol–water partition coefficient (Wildman–Crippen LogP) is 1.39. The molecule has 2 heterocycles. The molecule has 0 unspecified atom stereocenters. The van der Waals surface area contributed by atoms with Gasteiger partial charge < -0.3 is 14.4 Å². The summed E-state index contributed by atoms with van der Waals surface area (Å²) in [5.41, 5.74) is 2.13. The molecule has 0 bridgehead atoms. The van der Waals surface area contributed by atoms with Crippen molar-refractivity contribution in [3.8, 4) is 0 Å². The van der Waals surface area contributed by atoms with Crippen LogP contribution in [0.1, 0.15) is 30.9 Å². The highest BCUT2D eigenvalue weighted by Gasteiger charge is 2.36. The summed E-state index contributed by atoms with van der Waals surface area (Å²) < 4.78 is 10.1. The fourth-order valence-electron chi connectivity index (χ4n) is 4.07. The number of carbonyl (C=O) groups excluding carboxylic acids is 3. The van der Waals surface area contributed by atoms with E-state index in [-0.39, 0.29) is 24.3 Å². The van der Waals surface area contributed by atoms with Gasteiger partial charge in [-0.3, -0.25) is 14.5 Å². The zero-order chi connectivity index (χ0) is 20.1. The van der Waals surface area contributed by atoms with Gasteiger partial charge in [0.05, 0.1) is 26.2 Å². The number of ether oxygens (including phenoxy) is 2. The zero-order valence-electron chi connectivity index (χ0n) is 16.6. The highest BCUT2D eigenvalue weighted by molar-refractivity contribution is 5.86. The van der Waals surface area contributed by atoms with Gasteiger partial charge in [-0.15, -0.1) is 0 Å². The van der Waals surface area contributed by atoms with Crippen LogP contribution >= 0.6 is 0 Å². The van der Waals surface area contributed by atoms with Crippen molar-refractivity contribution >= 4 is 17.8 Å². The monoisotopic (exact) mass is 388 g/mol. The number of esters is 2. The maximum Gasteiger partial charge on any atom is 0.328 e. The SMILES string of the molecule is CCOC(=O)[C@@H]1CCCN(CC(=O)N2Cc3ccccc3C[C@@H]2C(=O)OC)C1. The Balaban J connectivity index is 1.69. The van der Waals surface area contributed by atoms with Gasteiger partial charge in [0.15, 0.2) is 0 Å². The lowest BCUT2D eigenvalue weighted by Crippen LogP contribution is -2.53. The lowest BCUT2D eigenvalue weighted by Gasteiger charge is -2.37. The molecule has 2 atom stereocenters. The van der Waals surface area contributed by atoms with Crippen molar-refractivity contribution in [2.75, 3.05) is 33.4 Å². The third-order valence-corrected chi connectivity index (χ3v) is 5.53. The molecule has 2 aliphatic heterocycles. The van der Waals surface area contributed by atoms with Gasteiger partial charge >= 0.3 is 11.9 Å². The molecule has 0 N–H and O–H groups in total. The molecule has 1 aromatic carbocycles. The summed E-state index contributed by atoms with van der Waals surface area (Å²) >= 11 is 0. The lowest BCUT2D eigenvalue weighted by atomic mass is 9.93. The summed E-state index contributed by atoms with van der Waals surface area (Å²) in [6, 6.07) is 7.24. The first-order valence-electron chi connectivity index (χ1n) is 9.86. The molecular formula is C21H28N2O5. The minimum absolute atomic E-state index is 0.116. The van der Waals surface area contributed by atoms with Gasteiger partial charge in [-0.05, 0) is 37.4 Å². The first-order valence-corrected chi connectivity index (χ1v) is 9.86. The van der Waals surface area contributed by atoms with Crippen LogP contribution in [-0.4, -0.2) is 67.0 Å². The first kappa shape index (κ1) is 20.3. The Morgan fingerprint density at radius 1 is 1.14 bits per heavy atom. The molecule has 152 valence electrons. The van der Waals surface area contributed by atoms with E-state index in [0.29, 0.717) is 26.1 Å². The van der Waals surface area contributed by atoms with Crippen LogP contribution in [0.2, 0.25) is 0 Å². The second kappa shape index (κ2) is 9.19. The topological polar surface area (TPSA) is 76.2 Å². The molecule has 1 fully saturated rings. The Kier molecular flexibility index (Phi) is 6.67. The third-order valence-electron chi connectivity index (χ3n) is 5.53. The van der Waals surface area contributed by atoms with Crippen molar-refractivity contribution in [2.45, 2.75) is 38.8 Å². The van der Waals surface area contributed by atoms with Gasteiger partial charge in [0.2, 0.25) is 5.91 Å². The number of methoxy groups -OCH3 is 1. The molecule has 7 nitrogen and oxygen atoms in total. The molecule has 7 heteroatoms. The number of hydrogen-bond acceptors (Lipinski definition) is 6. The van der Waals surface area contributed by atoms with Crippen LogP contribution in [-0.2, 0) is 36.8 Å². The Bertz CT molecular complexity index is 735. The molecule has 2 aliphatic rings. The van der Waals surface area contributed by atoms with Gasteiger partial charge in [-0.25, -0.2) is 4.79 Å². The fraction of sp³-hybridized carbons (Fsp3) is 0.571. The molecule has 0 spiro atoms. The van der Waals surface area contributed by atoms with Crippen molar-refractivity contribution < 1.29 is 23.9 Å². The average molecular weight is 388 g/mol. The number of likely N-dealkylation sites (tertiary alicyclic amines) is 1. The van der Waals surface area contributed by atoms with E-state index in [1.54, 1.807) is 11.8 Å². The Morgan fingerprint density at radius 2 is 1.89 bits per heavy atom. The number of hydrogen-bond donors (Lipinski definition) is 0. The maximum absolute atomic E-state index is 13.1. The lowest BCUT2D eigenvalue weighted by molar-refractivity contribution is -0.155. The van der Waals surface area contributed by atoms with E-state index in [9.17, 15) is 14.4 Å². The summed E-state index contributed by atoms with van der Waals surface area (Å²) in [6.07, 6.45) is 2.09. The van der Waals surface area contributed by atoms with Crippen molar-refractivity contribution in [3.63, 3.8) is 0 Å². The number of amides is 1. The summed E-state index contributed by atoms with van der Waals surface area (Å²) in [5.74, 6) is -0.903. The minimum atomic E-state index is -0.613. The fourth-order valence-corrected chi connectivity index (χ4v) is 4.07. The van der Waals surface area contributed by atoms with Crippen molar-refractivity contribution in [1.82, 2.24) is 9.80 Å². The molecule has 0 radical (unpaired) electrons. The van der Waals surface area contributed by atoms with E-state index < -0.39 is 12.0 Å². The average Bonchev–Trinajstić information content (AvgIpc) is 2.72. The van der Waals surface area contributed by atoms with Gasteiger partial charge in [-0.1, -0.05) is 24.3 Å². The summed E-state index contributed by atoms with van der Waals surface area (Å²) in [5, 5.41) is 0. The van der Waals surface area contributed by atoms with Crippen LogP contribution in [0.25, 0.3) is 0 Å². The molecule has 0 aromatic heterocycles. The molecule has 0 saturated carbocycles. The Morgan fingerprint density at radius 3 is 2.61 bits per heavy atom. The quantitative estimate of drug-likeness (QED) is 0.710. The standard InChI is InChI=1S/C21H28N2O5/c1-3-28-20(25)17-9-6-10-22(12-17)14-19(24)23-13-16-8-5-4-7-15(16)11-18(23)21(26)27-2/h4-5,7-8,17-18H,3,6,9-14H2,1-2H3/t17-,18-/m1/s1. The highest BCUT2D eigenvalue weighted by atomic mass is 16.5. The summed E-state index contributed by atoms with van der Waals surface area (Å²) in [7, 11) is 1.35. The number of benzene rings is 1. The molecule has 1 saturated heterocycles. The number of rotatable bonds is 5. The van der Waals surface area contributed by atoms with E-state index >= 15 is 0 Å². The van der Waals surface area contributed by atoms with Crippen molar-refractivity contribution in [2.24, 2.45) is 5.92 Å². The Labute approximate surface area is 165 Å². The van der Waals surface area contributed by atoms with E-state index in [0.717, 1.165) is 30.5 Å². The van der Waals surface area contributed by atoms with Crippen LogP contribution in [0.5, 0.6) is 0 Å². The largest absolute Gasteiger partial charge is 0.467 e. The number of piperidine rings is 1. The normalized spacial score (nSPS) is 22.3. The number of nitrogens with zero attached hydrogens (tertiary/aromatic N) is 2. The van der Waals surface area contributed by atoms with E-state index in [1.807, 2.05) is 29.2 Å². The van der Waals surface area contributed by atoms with Gasteiger partial charge in [-0.2, -0.15) is 0 Å². The van der Waals surface area contributed by atoms with E-state index in [2.05, 4.69) is 0 Å². The second-order valence-corrected chi connectivity index (χ2v) is 7.36. The Hall–Kier alpha value is -2.41. The van der Waals surface area contributed by atoms with Crippen LogP contribution in [0.15, 0.2) is 24.3 Å². The van der Waals surface area contributed by atoms with Gasteiger partial charge in [0.25, 0.3) is 0 Å². The molecular weight excluding hydrogens is 360 g/mol. The van der Waals surface area contributed by atoms with E-state index in [4.69, 9.17) is 9.47 Å². The van der Waals surface area contributed by atoms with Crippen LogP contribution in [0, 0.1) is 5.92 Å². The molecule has 3 rings (SSSR count). The van der Waals surface area contributed by atoms with Gasteiger partial charge in [0, 0.05) is 19.5 Å². The van der Waals surface area contributed by atoms with Gasteiger partial charge in [0.1, 0.15) is 6.04 Å². The molecule has 28 heavy (non-hydrogen) atoms. The molecule has 0 aliphatic carbocycles. The van der Waals surface area contributed by atoms with Crippen LogP contribution in [0.3, 0.4) is 0 Å². The smallest absolute Gasteiger partial charge is 0.328 e. The number of fused-ring (bicyclic) bond motifs is 1. The van der Waals surface area contributed by atoms with Crippen molar-refractivity contribution in [3.05, 3.63) is 35.4 Å². The van der Waals surface area contributed by atoms with Crippen molar-refractivity contribution in [1.29, 1.82) is 0 Å².